The first-order chi connectivity index (χ1) is 12.7. The first kappa shape index (κ1) is 18.4. The number of hydrogen-bond donors (Lipinski definition) is 3. The van der Waals surface area contributed by atoms with E-state index in [-0.39, 0.29) is 6.17 Å². The minimum Gasteiger partial charge on any atom is -0.370 e. The molecule has 0 spiro atoms. The van der Waals surface area contributed by atoms with Crippen LogP contribution in [-0.4, -0.2) is 36.2 Å². The minimum atomic E-state index is 0.152. The van der Waals surface area contributed by atoms with Crippen molar-refractivity contribution < 1.29 is 5.32 Å². The van der Waals surface area contributed by atoms with Crippen LogP contribution in [0.4, 0.5) is 5.69 Å². The van der Waals surface area contributed by atoms with Gasteiger partial charge in [0.05, 0.1) is 6.04 Å². The predicted octanol–water partition coefficient (Wildman–Crippen LogP) is 1.80. The number of guanidine groups is 1. The molecule has 0 radical (unpaired) electrons. The van der Waals surface area contributed by atoms with Crippen LogP contribution in [0.3, 0.4) is 0 Å². The molecule has 1 aliphatic heterocycles. The number of para-hydroxylation sites is 1. The third-order valence-electron chi connectivity index (χ3n) is 4.75. The number of nitrogens with two attached hydrogens (primary N) is 2. The van der Waals surface area contributed by atoms with E-state index in [2.05, 4.69) is 64.9 Å². The largest absolute Gasteiger partial charge is 0.370 e. The van der Waals surface area contributed by atoms with Crippen LogP contribution in [0.1, 0.15) is 25.3 Å². The van der Waals surface area contributed by atoms with Crippen LogP contribution in [0, 0.1) is 0 Å². The van der Waals surface area contributed by atoms with Crippen molar-refractivity contribution >= 4 is 11.6 Å². The van der Waals surface area contributed by atoms with Crippen LogP contribution in [0.5, 0.6) is 0 Å². The Morgan fingerprint density at radius 2 is 1.73 bits per heavy atom. The highest BCUT2D eigenvalue weighted by Gasteiger charge is 2.19. The molecule has 5 heteroatoms. The highest BCUT2D eigenvalue weighted by molar-refractivity contribution is 5.78. The Morgan fingerprint density at radius 3 is 2.38 bits per heavy atom. The number of nitrogens with zero attached hydrogens (tertiary/aromatic N) is 2. The van der Waals surface area contributed by atoms with Gasteiger partial charge >= 0.3 is 0 Å². The molecule has 0 amide bonds. The van der Waals surface area contributed by atoms with E-state index in [0.29, 0.717) is 12.0 Å². The molecule has 26 heavy (non-hydrogen) atoms. The number of piperidine rings is 1. The number of nitrogens with one attached hydrogen (secondary N) is 1. The van der Waals surface area contributed by atoms with Crippen molar-refractivity contribution in [2.45, 2.75) is 38.5 Å². The average molecular weight is 353 g/mol. The van der Waals surface area contributed by atoms with Gasteiger partial charge in [-0.2, -0.15) is 0 Å². The van der Waals surface area contributed by atoms with E-state index in [4.69, 9.17) is 10.7 Å². The van der Waals surface area contributed by atoms with Gasteiger partial charge in [0.1, 0.15) is 5.69 Å². The third-order valence-corrected chi connectivity index (χ3v) is 4.75. The molecule has 1 fully saturated rings. The fourth-order valence-corrected chi connectivity index (χ4v) is 3.41. The van der Waals surface area contributed by atoms with E-state index < -0.39 is 0 Å². The van der Waals surface area contributed by atoms with Gasteiger partial charge in [0.2, 0.25) is 0 Å². The summed E-state index contributed by atoms with van der Waals surface area (Å²) in [6.07, 6.45) is 2.28. The molecule has 1 aliphatic rings. The van der Waals surface area contributed by atoms with Crippen LogP contribution in [-0.2, 0) is 6.54 Å². The number of benzene rings is 2. The summed E-state index contributed by atoms with van der Waals surface area (Å²) in [6, 6.07) is 21.3. The first-order valence-electron chi connectivity index (χ1n) is 9.45. The molecule has 2 aromatic carbocycles. The molecule has 5 N–H and O–H groups in total. The van der Waals surface area contributed by atoms with Crippen LogP contribution in [0.2, 0.25) is 0 Å². The molecule has 1 atom stereocenters. The second kappa shape index (κ2) is 9.36. The fraction of sp³-hybridized carbons (Fsp3) is 0.381. The lowest BCUT2D eigenvalue weighted by Crippen LogP contribution is -2.88. The smallest absolute Gasteiger partial charge is 0.193 e. The minimum absolute atomic E-state index is 0.152. The van der Waals surface area contributed by atoms with Gasteiger partial charge < -0.3 is 11.1 Å². The van der Waals surface area contributed by atoms with Gasteiger partial charge in [-0.1, -0.05) is 48.5 Å². The molecule has 0 saturated carbocycles. The predicted molar refractivity (Wildman–Crippen MR) is 107 cm³/mol. The Hall–Kier alpha value is -2.37. The first-order valence-corrected chi connectivity index (χ1v) is 9.45. The molecule has 1 saturated heterocycles. The van der Waals surface area contributed by atoms with E-state index in [1.165, 1.54) is 11.3 Å². The lowest BCUT2D eigenvalue weighted by atomic mass is 10.0. The van der Waals surface area contributed by atoms with Crippen molar-refractivity contribution in [3.8, 4) is 0 Å². The van der Waals surface area contributed by atoms with Gasteiger partial charge in [0.25, 0.3) is 0 Å². The number of hydrogen-bond acceptors (Lipinski definition) is 2. The van der Waals surface area contributed by atoms with Gasteiger partial charge in [0.15, 0.2) is 12.1 Å². The van der Waals surface area contributed by atoms with Gasteiger partial charge in [-0.25, -0.2) is 4.99 Å². The number of rotatable bonds is 6. The monoisotopic (exact) mass is 352 g/mol. The highest BCUT2D eigenvalue weighted by Crippen LogP contribution is 2.16. The summed E-state index contributed by atoms with van der Waals surface area (Å²) in [5.74, 6) is 0.547. The molecule has 138 valence electrons. The Labute approximate surface area is 156 Å². The fourth-order valence-electron chi connectivity index (χ4n) is 3.41. The van der Waals surface area contributed by atoms with Crippen molar-refractivity contribution in [2.75, 3.05) is 13.1 Å². The zero-order chi connectivity index (χ0) is 18.2. The van der Waals surface area contributed by atoms with Crippen molar-refractivity contribution in [3.63, 3.8) is 0 Å². The summed E-state index contributed by atoms with van der Waals surface area (Å²) in [5, 5.41) is 5.44. The van der Waals surface area contributed by atoms with Gasteiger partial charge in [0, 0.05) is 26.6 Å². The Kier molecular flexibility index (Phi) is 6.63. The lowest BCUT2D eigenvalue weighted by molar-refractivity contribution is -0.610. The maximum atomic E-state index is 6.12. The molecular weight excluding hydrogens is 322 g/mol. The van der Waals surface area contributed by atoms with Crippen LogP contribution in [0.15, 0.2) is 65.7 Å². The van der Waals surface area contributed by atoms with Gasteiger partial charge in [-0.3, -0.25) is 10.2 Å². The zero-order valence-electron chi connectivity index (χ0n) is 15.5. The molecule has 1 heterocycles. The van der Waals surface area contributed by atoms with E-state index in [9.17, 15) is 0 Å². The number of likely N-dealkylation sites (tertiary alicyclic amines) is 1. The molecule has 0 aromatic heterocycles. The normalized spacial score (nSPS) is 17.8. The van der Waals surface area contributed by atoms with Crippen LogP contribution in [0.25, 0.3) is 0 Å². The Morgan fingerprint density at radius 1 is 1.12 bits per heavy atom. The number of quaternary nitrogens is 1. The SMILES string of the molecule is CC(NC(N)=NC1CCN(Cc2ccccc2)CC1)[NH2+]c1ccccc1. The lowest BCUT2D eigenvalue weighted by Gasteiger charge is -2.30. The number of aliphatic imine (C=N–C) groups is 1. The summed E-state index contributed by atoms with van der Waals surface area (Å²) in [7, 11) is 0. The van der Waals surface area contributed by atoms with Gasteiger partial charge in [-0.05, 0) is 30.5 Å². The zero-order valence-corrected chi connectivity index (χ0v) is 15.5. The molecule has 0 aliphatic carbocycles. The molecule has 3 rings (SSSR count). The molecule has 2 aromatic rings. The Bertz CT molecular complexity index is 678. The summed E-state index contributed by atoms with van der Waals surface area (Å²) in [4.78, 5) is 7.19. The Balaban J connectivity index is 1.42. The highest BCUT2D eigenvalue weighted by atomic mass is 15.2. The van der Waals surface area contributed by atoms with Gasteiger partial charge in [-0.15, -0.1) is 0 Å². The summed E-state index contributed by atoms with van der Waals surface area (Å²) < 4.78 is 0. The van der Waals surface area contributed by atoms with E-state index in [0.717, 1.165) is 32.5 Å². The quantitative estimate of drug-likeness (QED) is 0.321. The summed E-state index contributed by atoms with van der Waals surface area (Å²) in [6.45, 7) is 5.26. The average Bonchev–Trinajstić information content (AvgIpc) is 2.65. The standard InChI is InChI=1S/C21H29N5/c1-17(23-19-10-6-3-7-11-19)24-21(22)25-20-12-14-26(15-13-20)16-18-8-4-2-5-9-18/h2-11,17,20,23H,12-16H2,1H3,(H3,22,24,25)/p+1. The second-order valence-electron chi connectivity index (χ2n) is 7.02. The van der Waals surface area contributed by atoms with E-state index >= 15 is 0 Å². The third kappa shape index (κ3) is 5.86. The maximum absolute atomic E-state index is 6.12. The summed E-state index contributed by atoms with van der Waals surface area (Å²) in [5.41, 5.74) is 8.69. The van der Waals surface area contributed by atoms with Crippen molar-refractivity contribution in [1.82, 2.24) is 10.2 Å². The van der Waals surface area contributed by atoms with Crippen LogP contribution >= 0.6 is 0 Å². The van der Waals surface area contributed by atoms with Crippen molar-refractivity contribution in [1.29, 1.82) is 0 Å². The van der Waals surface area contributed by atoms with Crippen molar-refractivity contribution in [3.05, 3.63) is 66.2 Å². The second-order valence-corrected chi connectivity index (χ2v) is 7.02. The molecule has 0 bridgehead atoms. The molecule has 1 unspecified atom stereocenters. The van der Waals surface area contributed by atoms with E-state index in [1.54, 1.807) is 0 Å². The van der Waals surface area contributed by atoms with Crippen molar-refractivity contribution in [2.24, 2.45) is 10.7 Å². The molecular formula is C21H30N5+. The maximum Gasteiger partial charge on any atom is 0.193 e. The summed E-state index contributed by atoms with van der Waals surface area (Å²) >= 11 is 0. The molecule has 5 nitrogen and oxygen atoms in total. The van der Waals surface area contributed by atoms with E-state index in [1.807, 2.05) is 18.2 Å². The topological polar surface area (TPSA) is 70.3 Å². The van der Waals surface area contributed by atoms with Crippen LogP contribution < -0.4 is 16.4 Å².